The Morgan fingerprint density at radius 3 is 2.67 bits per heavy atom. The minimum Gasteiger partial charge on any atom is -0.368 e. The van der Waals surface area contributed by atoms with Gasteiger partial charge in [0.2, 0.25) is 0 Å². The second-order valence-corrected chi connectivity index (χ2v) is 3.67. The highest BCUT2D eigenvalue weighted by Crippen LogP contribution is 2.24. The van der Waals surface area contributed by atoms with Crippen LogP contribution in [-0.4, -0.2) is 13.1 Å². The van der Waals surface area contributed by atoms with Gasteiger partial charge in [0, 0.05) is 24.8 Å². The summed E-state index contributed by atoms with van der Waals surface area (Å²) in [4.78, 5) is 2.27. The number of para-hydroxylation sites is 1. The van der Waals surface area contributed by atoms with Crippen molar-refractivity contribution in [3.8, 4) is 0 Å². The van der Waals surface area contributed by atoms with E-state index in [1.165, 1.54) is 11.3 Å². The summed E-state index contributed by atoms with van der Waals surface area (Å²) in [5.41, 5.74) is 8.36. The highest BCUT2D eigenvalue weighted by atomic mass is 15.1. The van der Waals surface area contributed by atoms with Crippen LogP contribution in [0.5, 0.6) is 0 Å². The van der Waals surface area contributed by atoms with Crippen LogP contribution in [0, 0.1) is 0 Å². The molecule has 1 aromatic carbocycles. The standard InChI is InChI=1S/C13H20N2/c1-4-10-15(5-2)13-9-7-6-8-12(13)11(3)14/h4,6-9,11H,1,5,10,14H2,2-3H3/t11-/m1/s1. The number of hydrogen-bond donors (Lipinski definition) is 1. The molecule has 2 nitrogen and oxygen atoms in total. The normalized spacial score (nSPS) is 12.2. The SMILES string of the molecule is C=CCN(CC)c1ccccc1[C@@H](C)N. The lowest BCUT2D eigenvalue weighted by atomic mass is 10.1. The Morgan fingerprint density at radius 2 is 2.13 bits per heavy atom. The first-order valence-corrected chi connectivity index (χ1v) is 5.41. The van der Waals surface area contributed by atoms with E-state index in [0.29, 0.717) is 0 Å². The Balaban J connectivity index is 3.04. The lowest BCUT2D eigenvalue weighted by Gasteiger charge is -2.25. The minimum absolute atomic E-state index is 0.0695. The quantitative estimate of drug-likeness (QED) is 0.747. The number of nitrogens with zero attached hydrogens (tertiary/aromatic N) is 1. The number of nitrogens with two attached hydrogens (primary N) is 1. The smallest absolute Gasteiger partial charge is 0.0417 e. The fourth-order valence-electron chi connectivity index (χ4n) is 1.71. The van der Waals surface area contributed by atoms with Crippen LogP contribution in [0.2, 0.25) is 0 Å². The van der Waals surface area contributed by atoms with Crippen molar-refractivity contribution in [2.45, 2.75) is 19.9 Å². The minimum atomic E-state index is 0.0695. The van der Waals surface area contributed by atoms with Crippen molar-refractivity contribution in [1.82, 2.24) is 0 Å². The summed E-state index contributed by atoms with van der Waals surface area (Å²) >= 11 is 0. The van der Waals surface area contributed by atoms with Gasteiger partial charge in [-0.05, 0) is 25.5 Å². The van der Waals surface area contributed by atoms with E-state index in [-0.39, 0.29) is 6.04 Å². The van der Waals surface area contributed by atoms with Gasteiger partial charge >= 0.3 is 0 Å². The van der Waals surface area contributed by atoms with Crippen LogP contribution in [-0.2, 0) is 0 Å². The molecule has 0 fully saturated rings. The van der Waals surface area contributed by atoms with Crippen molar-refractivity contribution in [2.75, 3.05) is 18.0 Å². The van der Waals surface area contributed by atoms with Gasteiger partial charge in [-0.2, -0.15) is 0 Å². The van der Waals surface area contributed by atoms with Crippen LogP contribution >= 0.6 is 0 Å². The molecular formula is C13H20N2. The van der Waals surface area contributed by atoms with E-state index in [0.717, 1.165) is 13.1 Å². The summed E-state index contributed by atoms with van der Waals surface area (Å²) in [6.07, 6.45) is 1.92. The van der Waals surface area contributed by atoms with Gasteiger partial charge in [0.15, 0.2) is 0 Å². The summed E-state index contributed by atoms with van der Waals surface area (Å²) in [6, 6.07) is 8.36. The molecule has 1 rings (SSSR count). The first-order chi connectivity index (χ1) is 7.20. The topological polar surface area (TPSA) is 29.3 Å². The third-order valence-electron chi connectivity index (χ3n) is 2.50. The van der Waals surface area contributed by atoms with E-state index >= 15 is 0 Å². The predicted octanol–water partition coefficient (Wildman–Crippen LogP) is 2.72. The molecule has 0 unspecified atom stereocenters. The Bertz CT molecular complexity index is 318. The molecule has 0 spiro atoms. The fourth-order valence-corrected chi connectivity index (χ4v) is 1.71. The van der Waals surface area contributed by atoms with Crippen molar-refractivity contribution in [2.24, 2.45) is 5.73 Å². The zero-order valence-electron chi connectivity index (χ0n) is 9.61. The van der Waals surface area contributed by atoms with E-state index in [2.05, 4.69) is 30.5 Å². The summed E-state index contributed by atoms with van der Waals surface area (Å²) < 4.78 is 0. The van der Waals surface area contributed by atoms with Crippen LogP contribution in [0.1, 0.15) is 25.5 Å². The van der Waals surface area contributed by atoms with Crippen molar-refractivity contribution in [1.29, 1.82) is 0 Å². The maximum Gasteiger partial charge on any atom is 0.0417 e. The first kappa shape index (κ1) is 11.8. The molecule has 0 aliphatic carbocycles. The molecule has 0 saturated carbocycles. The van der Waals surface area contributed by atoms with E-state index < -0.39 is 0 Å². The summed E-state index contributed by atoms with van der Waals surface area (Å²) in [5, 5.41) is 0. The average Bonchev–Trinajstić information content (AvgIpc) is 2.26. The summed E-state index contributed by atoms with van der Waals surface area (Å²) in [7, 11) is 0. The number of anilines is 1. The lowest BCUT2D eigenvalue weighted by molar-refractivity contribution is 0.798. The second kappa shape index (κ2) is 5.56. The van der Waals surface area contributed by atoms with Crippen molar-refractivity contribution >= 4 is 5.69 Å². The fraction of sp³-hybridized carbons (Fsp3) is 0.385. The molecule has 0 amide bonds. The van der Waals surface area contributed by atoms with Crippen molar-refractivity contribution < 1.29 is 0 Å². The van der Waals surface area contributed by atoms with Gasteiger partial charge in [-0.1, -0.05) is 24.3 Å². The lowest BCUT2D eigenvalue weighted by Crippen LogP contribution is -2.25. The van der Waals surface area contributed by atoms with Gasteiger partial charge in [-0.15, -0.1) is 6.58 Å². The Hall–Kier alpha value is -1.28. The van der Waals surface area contributed by atoms with Crippen molar-refractivity contribution in [3.63, 3.8) is 0 Å². The van der Waals surface area contributed by atoms with E-state index in [1.54, 1.807) is 0 Å². The van der Waals surface area contributed by atoms with Gasteiger partial charge in [0.1, 0.15) is 0 Å². The first-order valence-electron chi connectivity index (χ1n) is 5.41. The predicted molar refractivity (Wildman–Crippen MR) is 67.1 cm³/mol. The molecule has 2 heteroatoms. The second-order valence-electron chi connectivity index (χ2n) is 3.67. The highest BCUT2D eigenvalue weighted by molar-refractivity contribution is 5.55. The average molecular weight is 204 g/mol. The number of hydrogen-bond acceptors (Lipinski definition) is 2. The van der Waals surface area contributed by atoms with Crippen LogP contribution < -0.4 is 10.6 Å². The third-order valence-corrected chi connectivity index (χ3v) is 2.50. The van der Waals surface area contributed by atoms with Gasteiger partial charge in [0.05, 0.1) is 0 Å². The molecule has 82 valence electrons. The summed E-state index contributed by atoms with van der Waals surface area (Å²) in [6.45, 7) is 9.76. The van der Waals surface area contributed by atoms with E-state index in [4.69, 9.17) is 5.73 Å². The summed E-state index contributed by atoms with van der Waals surface area (Å²) in [5.74, 6) is 0. The van der Waals surface area contributed by atoms with Crippen LogP contribution in [0.3, 0.4) is 0 Å². The Labute approximate surface area is 92.4 Å². The van der Waals surface area contributed by atoms with Crippen LogP contribution in [0.15, 0.2) is 36.9 Å². The zero-order valence-corrected chi connectivity index (χ0v) is 9.61. The molecule has 1 atom stereocenters. The molecule has 0 aliphatic heterocycles. The Kier molecular flexibility index (Phi) is 4.37. The molecule has 15 heavy (non-hydrogen) atoms. The molecule has 0 radical (unpaired) electrons. The van der Waals surface area contributed by atoms with Gasteiger partial charge in [-0.3, -0.25) is 0 Å². The largest absolute Gasteiger partial charge is 0.368 e. The van der Waals surface area contributed by atoms with Crippen molar-refractivity contribution in [3.05, 3.63) is 42.5 Å². The maximum atomic E-state index is 5.95. The zero-order chi connectivity index (χ0) is 11.3. The van der Waals surface area contributed by atoms with E-state index in [1.807, 2.05) is 25.1 Å². The molecule has 0 heterocycles. The number of likely N-dealkylation sites (N-methyl/N-ethyl adjacent to an activating group) is 1. The molecule has 0 bridgehead atoms. The van der Waals surface area contributed by atoms with Gasteiger partial charge in [-0.25, -0.2) is 0 Å². The van der Waals surface area contributed by atoms with Crippen LogP contribution in [0.4, 0.5) is 5.69 Å². The maximum absolute atomic E-state index is 5.95. The molecule has 0 saturated heterocycles. The molecule has 0 aliphatic rings. The van der Waals surface area contributed by atoms with Gasteiger partial charge < -0.3 is 10.6 Å². The molecule has 2 N–H and O–H groups in total. The third kappa shape index (κ3) is 2.83. The highest BCUT2D eigenvalue weighted by Gasteiger charge is 2.10. The number of benzene rings is 1. The van der Waals surface area contributed by atoms with E-state index in [9.17, 15) is 0 Å². The number of rotatable bonds is 5. The molecule has 0 aromatic heterocycles. The monoisotopic (exact) mass is 204 g/mol. The van der Waals surface area contributed by atoms with Crippen LogP contribution in [0.25, 0.3) is 0 Å². The Morgan fingerprint density at radius 1 is 1.47 bits per heavy atom. The van der Waals surface area contributed by atoms with Gasteiger partial charge in [0.25, 0.3) is 0 Å². The molecular weight excluding hydrogens is 184 g/mol. The molecule has 1 aromatic rings.